The highest BCUT2D eigenvalue weighted by Crippen LogP contribution is 2.37. The maximum Gasteiger partial charge on any atom is 0.222 e. The number of carbonyl (C=O) groups is 1. The summed E-state index contributed by atoms with van der Waals surface area (Å²) in [6.45, 7) is 4.79. The Morgan fingerprint density at radius 3 is 2.22 bits per heavy atom. The lowest BCUT2D eigenvalue weighted by molar-refractivity contribution is -0.130. The summed E-state index contributed by atoms with van der Waals surface area (Å²) in [7, 11) is 3.10. The van der Waals surface area contributed by atoms with Gasteiger partial charge < -0.3 is 19.5 Å². The van der Waals surface area contributed by atoms with Gasteiger partial charge in [-0.25, -0.2) is 0 Å². The Labute approximate surface area is 162 Å². The molecule has 0 bridgehead atoms. The van der Waals surface area contributed by atoms with Crippen molar-refractivity contribution < 1.29 is 19.4 Å². The van der Waals surface area contributed by atoms with E-state index in [1.165, 1.54) is 0 Å². The number of benzene rings is 1. The lowest BCUT2D eigenvalue weighted by atomic mass is 9.91. The molecule has 2 heterocycles. The van der Waals surface area contributed by atoms with Gasteiger partial charge >= 0.3 is 0 Å². The Bertz CT molecular complexity index is 610. The Kier molecular flexibility index (Phi) is 6.83. The van der Waals surface area contributed by atoms with Gasteiger partial charge in [-0.2, -0.15) is 0 Å². The number of phenolic OH excluding ortho intramolecular Hbond substituents is 1. The number of piperidine rings is 1. The second-order valence-corrected chi connectivity index (χ2v) is 7.70. The van der Waals surface area contributed by atoms with Crippen LogP contribution in [0.4, 0.5) is 0 Å². The summed E-state index contributed by atoms with van der Waals surface area (Å²) in [5.41, 5.74) is 1.07. The van der Waals surface area contributed by atoms with Crippen molar-refractivity contribution >= 4 is 5.91 Å². The van der Waals surface area contributed by atoms with Crippen LogP contribution in [0.1, 0.15) is 44.1 Å². The number of likely N-dealkylation sites (tertiary alicyclic amines) is 2. The number of amides is 1. The van der Waals surface area contributed by atoms with E-state index in [0.29, 0.717) is 29.7 Å². The first kappa shape index (κ1) is 19.8. The average Bonchev–Trinajstić information content (AvgIpc) is 3.23. The van der Waals surface area contributed by atoms with E-state index in [2.05, 4.69) is 4.90 Å². The molecule has 2 fully saturated rings. The molecule has 3 rings (SSSR count). The molecule has 0 saturated carbocycles. The fraction of sp³-hybridized carbons (Fsp3) is 0.667. The van der Waals surface area contributed by atoms with Crippen LogP contribution in [0.5, 0.6) is 17.2 Å². The Morgan fingerprint density at radius 2 is 1.67 bits per heavy atom. The third-order valence-corrected chi connectivity index (χ3v) is 5.88. The van der Waals surface area contributed by atoms with Crippen LogP contribution in [0.25, 0.3) is 0 Å². The van der Waals surface area contributed by atoms with Gasteiger partial charge in [-0.15, -0.1) is 0 Å². The molecule has 2 saturated heterocycles. The van der Waals surface area contributed by atoms with E-state index < -0.39 is 0 Å². The number of phenols is 1. The maximum absolute atomic E-state index is 12.2. The second kappa shape index (κ2) is 9.31. The molecular weight excluding hydrogens is 344 g/mol. The number of carbonyl (C=O) groups excluding carboxylic acids is 1. The normalized spacial score (nSPS) is 18.7. The first-order valence-electron chi connectivity index (χ1n) is 10.0. The van der Waals surface area contributed by atoms with E-state index in [1.54, 1.807) is 14.2 Å². The first-order chi connectivity index (χ1) is 13.1. The van der Waals surface area contributed by atoms with Crippen LogP contribution in [0.3, 0.4) is 0 Å². The molecule has 0 atom stereocenters. The SMILES string of the molecule is COc1cc(CN2CCC(CCC(=O)N3CCCC3)CC2)cc(OC)c1O. The number of methoxy groups -OCH3 is 2. The fourth-order valence-electron chi connectivity index (χ4n) is 4.18. The van der Waals surface area contributed by atoms with Crippen LogP contribution >= 0.6 is 0 Å². The third-order valence-electron chi connectivity index (χ3n) is 5.88. The summed E-state index contributed by atoms with van der Waals surface area (Å²) < 4.78 is 10.5. The zero-order valence-corrected chi connectivity index (χ0v) is 16.6. The van der Waals surface area contributed by atoms with Gasteiger partial charge in [0, 0.05) is 26.1 Å². The molecule has 6 nitrogen and oxygen atoms in total. The molecule has 150 valence electrons. The maximum atomic E-state index is 12.2. The van der Waals surface area contributed by atoms with Crippen LogP contribution in [0.2, 0.25) is 0 Å². The molecule has 1 N–H and O–H groups in total. The highest BCUT2D eigenvalue weighted by atomic mass is 16.5. The summed E-state index contributed by atoms with van der Waals surface area (Å²) in [5.74, 6) is 1.93. The van der Waals surface area contributed by atoms with Gasteiger partial charge in [0.2, 0.25) is 11.7 Å². The van der Waals surface area contributed by atoms with Crippen molar-refractivity contribution in [2.45, 2.75) is 45.1 Å². The zero-order chi connectivity index (χ0) is 19.2. The van der Waals surface area contributed by atoms with E-state index in [4.69, 9.17) is 9.47 Å². The van der Waals surface area contributed by atoms with Crippen LogP contribution in [0.15, 0.2) is 12.1 Å². The third kappa shape index (κ3) is 5.06. The summed E-state index contributed by atoms with van der Waals surface area (Å²) in [4.78, 5) is 16.7. The second-order valence-electron chi connectivity index (χ2n) is 7.70. The van der Waals surface area contributed by atoms with Gasteiger partial charge in [-0.3, -0.25) is 9.69 Å². The number of nitrogens with zero attached hydrogens (tertiary/aromatic N) is 2. The largest absolute Gasteiger partial charge is 0.502 e. The molecule has 0 aromatic heterocycles. The van der Waals surface area contributed by atoms with Crippen molar-refractivity contribution in [3.8, 4) is 17.2 Å². The predicted octanol–water partition coefficient (Wildman–Crippen LogP) is 3.02. The van der Waals surface area contributed by atoms with E-state index in [9.17, 15) is 9.90 Å². The standard InChI is InChI=1S/C21H32N2O4/c1-26-18-13-17(14-19(27-2)21(18)25)15-22-11-7-16(8-12-22)5-6-20(24)23-9-3-4-10-23/h13-14,16,25H,3-12,15H2,1-2H3. The molecule has 1 aromatic carbocycles. The van der Waals surface area contributed by atoms with Crippen LogP contribution in [-0.2, 0) is 11.3 Å². The molecule has 0 unspecified atom stereocenters. The molecule has 0 aliphatic carbocycles. The number of hydrogen-bond donors (Lipinski definition) is 1. The molecule has 0 spiro atoms. The smallest absolute Gasteiger partial charge is 0.222 e. The molecule has 0 radical (unpaired) electrons. The van der Waals surface area contributed by atoms with Crippen LogP contribution < -0.4 is 9.47 Å². The first-order valence-corrected chi connectivity index (χ1v) is 10.0. The van der Waals surface area contributed by atoms with Crippen LogP contribution in [-0.4, -0.2) is 61.2 Å². The van der Waals surface area contributed by atoms with Gasteiger partial charge in [0.05, 0.1) is 14.2 Å². The van der Waals surface area contributed by atoms with Crippen LogP contribution in [0, 0.1) is 5.92 Å². The van der Waals surface area contributed by atoms with Crippen molar-refractivity contribution in [2.24, 2.45) is 5.92 Å². The number of rotatable bonds is 7. The predicted molar refractivity (Wildman–Crippen MR) is 104 cm³/mol. The molecule has 2 aliphatic rings. The summed E-state index contributed by atoms with van der Waals surface area (Å²) >= 11 is 0. The summed E-state index contributed by atoms with van der Waals surface area (Å²) in [6, 6.07) is 3.75. The van der Waals surface area contributed by atoms with Gasteiger partial charge in [0.15, 0.2) is 11.5 Å². The molecule has 6 heteroatoms. The minimum Gasteiger partial charge on any atom is -0.502 e. The lowest BCUT2D eigenvalue weighted by Crippen LogP contribution is -2.34. The molecular formula is C21H32N2O4. The Hall–Kier alpha value is -1.95. The zero-order valence-electron chi connectivity index (χ0n) is 16.6. The molecule has 1 amide bonds. The average molecular weight is 376 g/mol. The van der Waals surface area contributed by atoms with E-state index >= 15 is 0 Å². The number of ether oxygens (including phenoxy) is 2. The molecule has 2 aliphatic heterocycles. The van der Waals surface area contributed by atoms with E-state index in [-0.39, 0.29) is 5.75 Å². The number of hydrogen-bond acceptors (Lipinski definition) is 5. The van der Waals surface area contributed by atoms with Crippen molar-refractivity contribution in [3.05, 3.63) is 17.7 Å². The topological polar surface area (TPSA) is 62.2 Å². The van der Waals surface area contributed by atoms with Crippen molar-refractivity contribution in [3.63, 3.8) is 0 Å². The quantitative estimate of drug-likeness (QED) is 0.793. The van der Waals surface area contributed by atoms with Crippen molar-refractivity contribution in [1.82, 2.24) is 9.80 Å². The Morgan fingerprint density at radius 1 is 1.07 bits per heavy atom. The van der Waals surface area contributed by atoms with Crippen molar-refractivity contribution in [1.29, 1.82) is 0 Å². The van der Waals surface area contributed by atoms with Gasteiger partial charge in [-0.05, 0) is 68.8 Å². The van der Waals surface area contributed by atoms with Crippen molar-refractivity contribution in [2.75, 3.05) is 40.4 Å². The van der Waals surface area contributed by atoms with E-state index in [1.807, 2.05) is 17.0 Å². The van der Waals surface area contributed by atoms with E-state index in [0.717, 1.165) is 70.4 Å². The highest BCUT2D eigenvalue weighted by molar-refractivity contribution is 5.76. The number of aromatic hydroxyl groups is 1. The Balaban J connectivity index is 1.46. The minimum absolute atomic E-state index is 0.0464. The van der Waals surface area contributed by atoms with Gasteiger partial charge in [0.1, 0.15) is 0 Å². The monoisotopic (exact) mass is 376 g/mol. The fourth-order valence-corrected chi connectivity index (χ4v) is 4.18. The minimum atomic E-state index is 0.0464. The lowest BCUT2D eigenvalue weighted by Gasteiger charge is -2.32. The highest BCUT2D eigenvalue weighted by Gasteiger charge is 2.23. The van der Waals surface area contributed by atoms with Gasteiger partial charge in [0.25, 0.3) is 0 Å². The van der Waals surface area contributed by atoms with Gasteiger partial charge in [-0.1, -0.05) is 0 Å². The summed E-state index contributed by atoms with van der Waals surface area (Å²) in [6.07, 6.45) is 6.33. The molecule has 1 aromatic rings. The summed E-state index contributed by atoms with van der Waals surface area (Å²) in [5, 5.41) is 10.0. The molecule has 27 heavy (non-hydrogen) atoms.